The summed E-state index contributed by atoms with van der Waals surface area (Å²) in [6.07, 6.45) is 0. The lowest BCUT2D eigenvalue weighted by atomic mass is 10.2. The molecule has 9 heteroatoms. The molecule has 6 nitrogen and oxygen atoms in total. The predicted molar refractivity (Wildman–Crippen MR) is 112 cm³/mol. The molecule has 2 aromatic rings. The van der Waals surface area contributed by atoms with Crippen molar-refractivity contribution in [2.75, 3.05) is 25.0 Å². The van der Waals surface area contributed by atoms with Gasteiger partial charge >= 0.3 is 0 Å². The summed E-state index contributed by atoms with van der Waals surface area (Å²) in [5.74, 6) is 0.0271. The lowest BCUT2D eigenvalue weighted by molar-refractivity contribution is -0.118. The van der Waals surface area contributed by atoms with Crippen molar-refractivity contribution in [2.45, 2.75) is 25.7 Å². The molecule has 0 spiro atoms. The Morgan fingerprint density at radius 2 is 1.79 bits per heavy atom. The summed E-state index contributed by atoms with van der Waals surface area (Å²) in [5.41, 5.74) is 1.04. The van der Waals surface area contributed by atoms with Crippen molar-refractivity contribution in [3.63, 3.8) is 0 Å². The zero-order chi connectivity index (χ0) is 20.9. The molecule has 0 radical (unpaired) electrons. The average molecular weight is 445 g/mol. The number of hydrogen-bond acceptors (Lipinski definition) is 4. The summed E-state index contributed by atoms with van der Waals surface area (Å²) >= 11 is 11.9. The number of carbonyl (C=O) groups is 1. The molecule has 0 heterocycles. The minimum atomic E-state index is -3.55. The second kappa shape index (κ2) is 9.60. The number of benzene rings is 2. The number of nitrogens with zero attached hydrogens (tertiary/aromatic N) is 1. The van der Waals surface area contributed by atoms with Crippen LogP contribution in [0.3, 0.4) is 0 Å². The van der Waals surface area contributed by atoms with Crippen LogP contribution in [0.5, 0.6) is 5.75 Å². The van der Waals surface area contributed by atoms with Gasteiger partial charge in [-0.05, 0) is 48.9 Å². The molecular weight excluding hydrogens is 423 g/mol. The molecule has 28 heavy (non-hydrogen) atoms. The van der Waals surface area contributed by atoms with E-state index in [1.54, 1.807) is 39.0 Å². The Kier molecular flexibility index (Phi) is 7.71. The van der Waals surface area contributed by atoms with Gasteiger partial charge in [-0.15, -0.1) is 0 Å². The summed E-state index contributed by atoms with van der Waals surface area (Å²) in [7, 11) is -3.55. The molecule has 0 saturated carbocycles. The van der Waals surface area contributed by atoms with E-state index in [4.69, 9.17) is 27.9 Å². The fourth-order valence-corrected chi connectivity index (χ4v) is 4.58. The van der Waals surface area contributed by atoms with Crippen LogP contribution in [-0.2, 0) is 14.8 Å². The molecule has 2 rings (SSSR count). The van der Waals surface area contributed by atoms with E-state index >= 15 is 0 Å². The van der Waals surface area contributed by atoms with Crippen LogP contribution in [0.2, 0.25) is 10.0 Å². The molecule has 0 aliphatic carbocycles. The number of rotatable bonds is 8. The van der Waals surface area contributed by atoms with Crippen molar-refractivity contribution < 1.29 is 17.9 Å². The number of aryl methyl sites for hydroxylation is 1. The largest absolute Gasteiger partial charge is 0.483 e. The zero-order valence-electron chi connectivity index (χ0n) is 15.8. The zero-order valence-corrected chi connectivity index (χ0v) is 18.2. The van der Waals surface area contributed by atoms with Crippen LogP contribution in [0.4, 0.5) is 5.69 Å². The Labute approximate surface area is 175 Å². The van der Waals surface area contributed by atoms with E-state index < -0.39 is 15.9 Å². The van der Waals surface area contributed by atoms with Crippen LogP contribution in [0.15, 0.2) is 41.3 Å². The van der Waals surface area contributed by atoms with Crippen LogP contribution in [-0.4, -0.2) is 38.3 Å². The van der Waals surface area contributed by atoms with Crippen molar-refractivity contribution in [3.05, 3.63) is 52.0 Å². The van der Waals surface area contributed by atoms with Crippen LogP contribution >= 0.6 is 23.2 Å². The van der Waals surface area contributed by atoms with Gasteiger partial charge < -0.3 is 10.1 Å². The van der Waals surface area contributed by atoms with Gasteiger partial charge in [0.15, 0.2) is 6.61 Å². The van der Waals surface area contributed by atoms with Gasteiger partial charge in [0.05, 0.1) is 15.6 Å². The van der Waals surface area contributed by atoms with E-state index in [9.17, 15) is 13.2 Å². The lowest BCUT2D eigenvalue weighted by Gasteiger charge is -2.19. The first-order valence-electron chi connectivity index (χ1n) is 8.67. The summed E-state index contributed by atoms with van der Waals surface area (Å²) in [4.78, 5) is 12.3. The van der Waals surface area contributed by atoms with Gasteiger partial charge in [0, 0.05) is 18.1 Å². The van der Waals surface area contributed by atoms with E-state index in [1.807, 2.05) is 0 Å². The van der Waals surface area contributed by atoms with E-state index in [-0.39, 0.29) is 11.5 Å². The normalized spacial score (nSPS) is 11.5. The maximum absolute atomic E-state index is 12.6. The first-order valence-corrected chi connectivity index (χ1v) is 10.9. The smallest absolute Gasteiger partial charge is 0.262 e. The molecule has 0 aromatic heterocycles. The number of hydrogen-bond donors (Lipinski definition) is 1. The van der Waals surface area contributed by atoms with Gasteiger partial charge in [-0.3, -0.25) is 4.79 Å². The minimum Gasteiger partial charge on any atom is -0.483 e. The van der Waals surface area contributed by atoms with E-state index in [1.165, 1.54) is 22.5 Å². The first-order chi connectivity index (χ1) is 13.2. The van der Waals surface area contributed by atoms with Gasteiger partial charge in [-0.2, -0.15) is 4.31 Å². The van der Waals surface area contributed by atoms with Gasteiger partial charge in [-0.1, -0.05) is 37.0 Å². The fourth-order valence-electron chi connectivity index (χ4n) is 2.58. The molecular formula is C19H22Cl2N2O4S. The van der Waals surface area contributed by atoms with Crippen LogP contribution < -0.4 is 10.1 Å². The number of sulfonamides is 1. The van der Waals surface area contributed by atoms with E-state index in [0.29, 0.717) is 40.1 Å². The molecule has 0 atom stereocenters. The van der Waals surface area contributed by atoms with Gasteiger partial charge in [0.25, 0.3) is 5.91 Å². The molecule has 0 aliphatic rings. The Bertz CT molecular complexity index is 960. The highest BCUT2D eigenvalue weighted by Gasteiger charge is 2.22. The highest BCUT2D eigenvalue weighted by Crippen LogP contribution is 2.26. The molecule has 2 aromatic carbocycles. The minimum absolute atomic E-state index is 0.193. The molecule has 0 fully saturated rings. The van der Waals surface area contributed by atoms with Crippen molar-refractivity contribution in [3.8, 4) is 5.75 Å². The van der Waals surface area contributed by atoms with E-state index in [0.717, 1.165) is 0 Å². The number of nitrogens with one attached hydrogen (secondary N) is 1. The maximum atomic E-state index is 12.6. The molecule has 1 amide bonds. The topological polar surface area (TPSA) is 75.7 Å². The number of anilines is 1. The summed E-state index contributed by atoms with van der Waals surface area (Å²) in [5, 5.41) is 3.43. The number of carbonyl (C=O) groups excluding carboxylic acids is 1. The standard InChI is InChI=1S/C19H22Cl2N2O4S/c1-4-23(5-2)28(25,26)15-7-9-18(13(3)10-15)27-12-19(24)22-17-8-6-14(20)11-16(17)21/h6-11H,4-5,12H2,1-3H3,(H,22,24). The second-order valence-electron chi connectivity index (χ2n) is 5.98. The molecule has 0 unspecified atom stereocenters. The molecule has 0 saturated heterocycles. The van der Waals surface area contributed by atoms with E-state index in [2.05, 4.69) is 5.32 Å². The third-order valence-electron chi connectivity index (χ3n) is 4.05. The number of amides is 1. The molecule has 1 N–H and O–H groups in total. The Hall–Kier alpha value is -1.80. The Morgan fingerprint density at radius 3 is 2.36 bits per heavy atom. The first kappa shape index (κ1) is 22.5. The highest BCUT2D eigenvalue weighted by molar-refractivity contribution is 7.89. The van der Waals surface area contributed by atoms with Crippen LogP contribution in [0, 0.1) is 6.92 Å². The van der Waals surface area contributed by atoms with Gasteiger partial charge in [0.1, 0.15) is 5.75 Å². The quantitative estimate of drug-likeness (QED) is 0.656. The van der Waals surface area contributed by atoms with Crippen molar-refractivity contribution >= 4 is 44.8 Å². The third-order valence-corrected chi connectivity index (χ3v) is 6.65. The Morgan fingerprint density at radius 1 is 1.11 bits per heavy atom. The van der Waals surface area contributed by atoms with Crippen molar-refractivity contribution in [1.82, 2.24) is 4.31 Å². The average Bonchev–Trinajstić information content (AvgIpc) is 2.63. The monoisotopic (exact) mass is 444 g/mol. The predicted octanol–water partition coefficient (Wildman–Crippen LogP) is 4.35. The third kappa shape index (κ3) is 5.38. The maximum Gasteiger partial charge on any atom is 0.262 e. The van der Waals surface area contributed by atoms with Crippen molar-refractivity contribution in [1.29, 1.82) is 0 Å². The Balaban J connectivity index is 2.06. The highest BCUT2D eigenvalue weighted by atomic mass is 35.5. The molecule has 0 aliphatic heterocycles. The summed E-state index contributed by atoms with van der Waals surface area (Å²) < 4.78 is 32.1. The van der Waals surface area contributed by atoms with Crippen LogP contribution in [0.25, 0.3) is 0 Å². The SMILES string of the molecule is CCN(CC)S(=O)(=O)c1ccc(OCC(=O)Nc2ccc(Cl)cc2Cl)c(C)c1. The van der Waals surface area contributed by atoms with Crippen molar-refractivity contribution in [2.24, 2.45) is 0 Å². The molecule has 152 valence electrons. The van der Waals surface area contributed by atoms with Gasteiger partial charge in [-0.25, -0.2) is 8.42 Å². The van der Waals surface area contributed by atoms with Gasteiger partial charge in [0.2, 0.25) is 10.0 Å². The summed E-state index contributed by atoms with van der Waals surface area (Å²) in [6, 6.07) is 9.30. The van der Waals surface area contributed by atoms with Crippen LogP contribution in [0.1, 0.15) is 19.4 Å². The number of ether oxygens (including phenoxy) is 1. The number of halogens is 2. The fraction of sp³-hybridized carbons (Fsp3) is 0.316. The second-order valence-corrected chi connectivity index (χ2v) is 8.76. The lowest BCUT2D eigenvalue weighted by Crippen LogP contribution is -2.30. The summed E-state index contributed by atoms with van der Waals surface area (Å²) in [6.45, 7) is 5.84. The molecule has 0 bridgehead atoms.